The maximum atomic E-state index is 13.9. The molecule has 0 radical (unpaired) electrons. The van der Waals surface area contributed by atoms with Crippen LogP contribution in [0.25, 0.3) is 0 Å². The molecular weight excluding hydrogens is 387 g/mol. The quantitative estimate of drug-likeness (QED) is 0.519. The molecule has 144 valence electrons. The Bertz CT molecular complexity index is 887. The van der Waals surface area contributed by atoms with Crippen LogP contribution < -0.4 is 10.0 Å². The van der Waals surface area contributed by atoms with Gasteiger partial charge in [0.15, 0.2) is 7.14 Å². The fraction of sp³-hybridized carbons (Fsp3) is 0.300. The van der Waals surface area contributed by atoms with Crippen LogP contribution in [0.3, 0.4) is 0 Å². The molecule has 0 bridgehead atoms. The molecule has 0 N–H and O–H groups in total. The Balaban J connectivity index is 2.56. The van der Waals surface area contributed by atoms with Crippen molar-refractivity contribution in [3.63, 3.8) is 0 Å². The lowest BCUT2D eigenvalue weighted by atomic mass is 10.2. The Hall–Kier alpha value is -2.10. The van der Waals surface area contributed by atoms with Gasteiger partial charge in [-0.3, -0.25) is 9.59 Å². The molecule has 7 heteroatoms. The van der Waals surface area contributed by atoms with Crippen LogP contribution in [0.15, 0.2) is 48.5 Å². The number of carbonyl (C=O) groups excluding carboxylic acids is 2. The highest BCUT2D eigenvalue weighted by Gasteiger charge is 2.40. The average molecular weight is 409 g/mol. The smallest absolute Gasteiger partial charge is 0.314 e. The van der Waals surface area contributed by atoms with Gasteiger partial charge in [0.25, 0.3) is 0 Å². The maximum Gasteiger partial charge on any atom is 0.314 e. The van der Waals surface area contributed by atoms with Crippen LogP contribution in [-0.2, 0) is 14.1 Å². The van der Waals surface area contributed by atoms with Crippen LogP contribution in [0.5, 0.6) is 5.75 Å². The van der Waals surface area contributed by atoms with Crippen LogP contribution in [0.4, 0.5) is 0 Å². The summed E-state index contributed by atoms with van der Waals surface area (Å²) >= 11 is 6.20. The molecule has 0 spiro atoms. The van der Waals surface area contributed by atoms with Crippen molar-refractivity contribution >= 4 is 35.5 Å². The van der Waals surface area contributed by atoms with Gasteiger partial charge in [-0.1, -0.05) is 48.0 Å². The molecule has 0 aliphatic rings. The Morgan fingerprint density at radius 1 is 1.04 bits per heavy atom. The largest absolute Gasteiger partial charge is 0.496 e. The van der Waals surface area contributed by atoms with Crippen molar-refractivity contribution in [3.8, 4) is 5.75 Å². The van der Waals surface area contributed by atoms with Crippen molar-refractivity contribution in [1.29, 1.82) is 0 Å². The van der Waals surface area contributed by atoms with E-state index in [4.69, 9.17) is 21.1 Å². The first-order valence-corrected chi connectivity index (χ1v) is 10.6. The molecule has 2 rings (SSSR count). The minimum atomic E-state index is -3.87. The van der Waals surface area contributed by atoms with Gasteiger partial charge >= 0.3 is 5.97 Å². The van der Waals surface area contributed by atoms with E-state index in [9.17, 15) is 14.2 Å². The van der Waals surface area contributed by atoms with E-state index in [0.717, 1.165) is 0 Å². The van der Waals surface area contributed by atoms with Gasteiger partial charge in [0.05, 0.1) is 17.7 Å². The molecule has 0 aliphatic heterocycles. The molecule has 0 saturated carbocycles. The van der Waals surface area contributed by atoms with Crippen LogP contribution in [0, 0.1) is 0 Å². The van der Waals surface area contributed by atoms with Gasteiger partial charge in [0.2, 0.25) is 5.52 Å². The first-order chi connectivity index (χ1) is 12.6. The number of ether oxygens (including phenoxy) is 2. The monoisotopic (exact) mass is 408 g/mol. The first-order valence-electron chi connectivity index (χ1n) is 8.32. The van der Waals surface area contributed by atoms with Crippen LogP contribution in [0.2, 0.25) is 5.02 Å². The lowest BCUT2D eigenvalue weighted by molar-refractivity contribution is -0.151. The second-order valence-electron chi connectivity index (χ2n) is 6.94. The highest BCUT2D eigenvalue weighted by atomic mass is 35.5. The fourth-order valence-corrected chi connectivity index (χ4v) is 5.12. The van der Waals surface area contributed by atoms with E-state index < -0.39 is 30.4 Å². The molecule has 1 atom stereocenters. The van der Waals surface area contributed by atoms with E-state index in [1.54, 1.807) is 63.2 Å². The number of esters is 1. The van der Waals surface area contributed by atoms with E-state index in [0.29, 0.717) is 0 Å². The van der Waals surface area contributed by atoms with Crippen molar-refractivity contribution in [2.45, 2.75) is 26.4 Å². The third kappa shape index (κ3) is 5.00. The number of hydrogen-bond acceptors (Lipinski definition) is 5. The molecule has 0 fully saturated rings. The number of carbonyl (C=O) groups is 2. The zero-order chi connectivity index (χ0) is 20.2. The molecule has 0 saturated heterocycles. The normalized spacial score (nSPS) is 13.5. The van der Waals surface area contributed by atoms with E-state index in [2.05, 4.69) is 0 Å². The third-order valence-corrected chi connectivity index (χ3v) is 6.71. The molecule has 5 nitrogen and oxygen atoms in total. The van der Waals surface area contributed by atoms with E-state index in [1.165, 1.54) is 13.2 Å². The third-order valence-electron chi connectivity index (χ3n) is 3.68. The van der Waals surface area contributed by atoms with Crippen LogP contribution in [-0.4, -0.2) is 30.4 Å². The molecule has 27 heavy (non-hydrogen) atoms. The highest BCUT2D eigenvalue weighted by molar-refractivity contribution is 7.88. The van der Waals surface area contributed by atoms with Gasteiger partial charge in [-0.25, -0.2) is 0 Å². The van der Waals surface area contributed by atoms with Gasteiger partial charge in [0.1, 0.15) is 17.5 Å². The number of rotatable bonds is 6. The fourth-order valence-electron chi connectivity index (χ4n) is 2.57. The van der Waals surface area contributed by atoms with Crippen LogP contribution >= 0.6 is 18.7 Å². The molecular formula is C20H22ClO5P. The van der Waals surface area contributed by atoms with Crippen molar-refractivity contribution in [1.82, 2.24) is 0 Å². The summed E-state index contributed by atoms with van der Waals surface area (Å²) in [5, 5.41) is 0.377. The van der Waals surface area contributed by atoms with Crippen molar-refractivity contribution < 1.29 is 23.6 Å². The predicted molar refractivity (Wildman–Crippen MR) is 107 cm³/mol. The minimum absolute atomic E-state index is 0.00240. The summed E-state index contributed by atoms with van der Waals surface area (Å²) in [4.78, 5) is 25.7. The van der Waals surface area contributed by atoms with Gasteiger partial charge in [-0.15, -0.1) is 0 Å². The van der Waals surface area contributed by atoms with Crippen molar-refractivity contribution in [3.05, 3.63) is 59.1 Å². The van der Waals surface area contributed by atoms with Crippen molar-refractivity contribution in [2.75, 3.05) is 13.3 Å². The molecule has 0 amide bonds. The van der Waals surface area contributed by atoms with Gasteiger partial charge in [-0.05, 0) is 32.9 Å². The summed E-state index contributed by atoms with van der Waals surface area (Å²) in [7, 11) is -2.48. The van der Waals surface area contributed by atoms with Crippen LogP contribution in [0.1, 0.15) is 31.1 Å². The maximum absolute atomic E-state index is 13.9. The molecule has 0 aromatic heterocycles. The average Bonchev–Trinajstić information content (AvgIpc) is 2.59. The van der Waals surface area contributed by atoms with Crippen molar-refractivity contribution in [2.24, 2.45) is 0 Å². The number of hydrogen-bond donors (Lipinski definition) is 0. The van der Waals surface area contributed by atoms with Gasteiger partial charge < -0.3 is 14.0 Å². The Labute approximate surface area is 164 Å². The minimum Gasteiger partial charge on any atom is -0.496 e. The predicted octanol–water partition coefficient (Wildman–Crippen LogP) is 4.52. The number of benzene rings is 2. The topological polar surface area (TPSA) is 69.7 Å². The lowest BCUT2D eigenvalue weighted by Gasteiger charge is -2.23. The Morgan fingerprint density at radius 2 is 1.67 bits per heavy atom. The molecule has 0 heterocycles. The number of halogens is 1. The molecule has 0 aliphatic carbocycles. The summed E-state index contributed by atoms with van der Waals surface area (Å²) in [6, 6.07) is 12.9. The molecule has 2 aromatic rings. The SMILES string of the molecule is COc1cccc(Cl)c1C(=O)P(=O)(CC(=O)OC(C)(C)C)c1ccccc1. The summed E-state index contributed by atoms with van der Waals surface area (Å²) in [6.45, 7) is 5.12. The second-order valence-corrected chi connectivity index (χ2v) is 10.1. The van der Waals surface area contributed by atoms with E-state index in [-0.39, 0.29) is 21.6 Å². The second kappa shape index (κ2) is 8.28. The summed E-state index contributed by atoms with van der Waals surface area (Å²) in [5.41, 5.74) is -1.50. The lowest BCUT2D eigenvalue weighted by Crippen LogP contribution is -2.28. The molecule has 2 aromatic carbocycles. The zero-order valence-electron chi connectivity index (χ0n) is 15.7. The first kappa shape index (κ1) is 21.2. The summed E-state index contributed by atoms with van der Waals surface area (Å²) in [6.07, 6.45) is -0.554. The zero-order valence-corrected chi connectivity index (χ0v) is 17.3. The Kier molecular flexibility index (Phi) is 6.50. The van der Waals surface area contributed by atoms with E-state index >= 15 is 0 Å². The number of methoxy groups -OCH3 is 1. The Morgan fingerprint density at radius 3 is 2.22 bits per heavy atom. The van der Waals surface area contributed by atoms with E-state index in [1.807, 2.05) is 0 Å². The standard InChI is InChI=1S/C20H22ClO5P/c1-20(2,3)26-17(22)13-27(24,14-9-6-5-7-10-14)19(23)18-15(21)11-8-12-16(18)25-4/h5-12H,13H2,1-4H3. The highest BCUT2D eigenvalue weighted by Crippen LogP contribution is 2.50. The summed E-state index contributed by atoms with van der Waals surface area (Å²) in [5.74, 6) is -0.512. The van der Waals surface area contributed by atoms with Gasteiger partial charge in [-0.2, -0.15) is 0 Å². The van der Waals surface area contributed by atoms with Gasteiger partial charge in [0, 0.05) is 5.30 Å². The summed E-state index contributed by atoms with van der Waals surface area (Å²) < 4.78 is 24.4. The molecule has 1 unspecified atom stereocenters.